The number of benzene rings is 2. The zero-order chi connectivity index (χ0) is 19.0. The molecule has 0 fully saturated rings. The summed E-state index contributed by atoms with van der Waals surface area (Å²) in [5.74, 6) is 1.18. The van der Waals surface area contributed by atoms with Gasteiger partial charge in [0, 0.05) is 36.1 Å². The highest BCUT2D eigenvalue weighted by molar-refractivity contribution is 6.30. The molecule has 140 valence electrons. The third-order valence-corrected chi connectivity index (χ3v) is 5.26. The van der Waals surface area contributed by atoms with Crippen LogP contribution >= 0.6 is 11.6 Å². The second-order valence-electron chi connectivity index (χ2n) is 6.64. The van der Waals surface area contributed by atoms with Crippen molar-refractivity contribution in [1.82, 2.24) is 4.90 Å². The van der Waals surface area contributed by atoms with E-state index >= 15 is 0 Å². The minimum Gasteiger partial charge on any atom is -0.493 e. The first-order valence-electron chi connectivity index (χ1n) is 8.76. The lowest BCUT2D eigenvalue weighted by molar-refractivity contribution is 0.241. The van der Waals surface area contributed by atoms with Crippen molar-refractivity contribution < 1.29 is 13.9 Å². The number of hydrogen-bond acceptors (Lipinski definition) is 5. The molecule has 0 spiro atoms. The third kappa shape index (κ3) is 3.40. The molecule has 0 unspecified atom stereocenters. The number of rotatable bonds is 4. The topological polar surface area (TPSA) is 51.9 Å². The molecule has 0 saturated carbocycles. The highest BCUT2D eigenvalue weighted by Crippen LogP contribution is 2.35. The summed E-state index contributed by atoms with van der Waals surface area (Å²) in [5.41, 5.74) is 3.16. The summed E-state index contributed by atoms with van der Waals surface area (Å²) in [4.78, 5) is 14.8. The largest absolute Gasteiger partial charge is 0.493 e. The molecule has 0 atom stereocenters. The summed E-state index contributed by atoms with van der Waals surface area (Å²) in [7, 11) is 3.16. The number of nitrogens with zero attached hydrogens (tertiary/aromatic N) is 1. The molecular formula is C21H20ClNO4. The zero-order valence-corrected chi connectivity index (χ0v) is 16.0. The van der Waals surface area contributed by atoms with Crippen molar-refractivity contribution in [3.8, 4) is 11.5 Å². The minimum atomic E-state index is -0.287. The molecule has 3 aromatic rings. The summed E-state index contributed by atoms with van der Waals surface area (Å²) in [6, 6.07) is 11.4. The molecule has 0 saturated heterocycles. The Hall–Kier alpha value is -2.50. The molecule has 5 nitrogen and oxygen atoms in total. The van der Waals surface area contributed by atoms with Crippen LogP contribution in [0.1, 0.15) is 16.7 Å². The van der Waals surface area contributed by atoms with Crippen LogP contribution in [0.5, 0.6) is 11.5 Å². The number of fused-ring (bicyclic) bond motifs is 3. The van der Waals surface area contributed by atoms with Gasteiger partial charge in [-0.3, -0.25) is 4.90 Å². The van der Waals surface area contributed by atoms with Crippen molar-refractivity contribution in [2.45, 2.75) is 19.5 Å². The van der Waals surface area contributed by atoms with E-state index in [2.05, 4.69) is 4.90 Å². The van der Waals surface area contributed by atoms with Crippen LogP contribution in [0.15, 0.2) is 45.6 Å². The van der Waals surface area contributed by atoms with E-state index in [1.54, 1.807) is 20.3 Å². The second kappa shape index (κ2) is 7.25. The summed E-state index contributed by atoms with van der Waals surface area (Å²) >= 11 is 5.96. The first-order chi connectivity index (χ1) is 13.1. The number of ether oxygens (including phenoxy) is 2. The van der Waals surface area contributed by atoms with E-state index in [0.29, 0.717) is 23.6 Å². The van der Waals surface area contributed by atoms with Gasteiger partial charge in [0.05, 0.1) is 19.8 Å². The predicted molar refractivity (Wildman–Crippen MR) is 105 cm³/mol. The van der Waals surface area contributed by atoms with Crippen LogP contribution in [0.25, 0.3) is 11.0 Å². The summed E-state index contributed by atoms with van der Waals surface area (Å²) in [6.45, 7) is 2.19. The molecule has 0 bridgehead atoms. The molecule has 1 aliphatic rings. The molecule has 2 heterocycles. The van der Waals surface area contributed by atoms with E-state index in [1.807, 2.05) is 30.3 Å². The van der Waals surface area contributed by atoms with Gasteiger partial charge in [0.2, 0.25) is 0 Å². The van der Waals surface area contributed by atoms with Crippen LogP contribution in [-0.2, 0) is 19.5 Å². The van der Waals surface area contributed by atoms with E-state index in [1.165, 1.54) is 5.56 Å². The summed E-state index contributed by atoms with van der Waals surface area (Å²) < 4.78 is 16.3. The Morgan fingerprint density at radius 2 is 1.78 bits per heavy atom. The fourth-order valence-electron chi connectivity index (χ4n) is 3.63. The van der Waals surface area contributed by atoms with Gasteiger partial charge in [0.15, 0.2) is 11.5 Å². The molecule has 4 rings (SSSR count). The van der Waals surface area contributed by atoms with E-state index in [9.17, 15) is 4.79 Å². The first-order valence-corrected chi connectivity index (χ1v) is 9.14. The lowest BCUT2D eigenvalue weighted by Crippen LogP contribution is -2.33. The normalized spacial score (nSPS) is 14.2. The smallest absolute Gasteiger partial charge is 0.341 e. The fraction of sp³-hybridized carbons (Fsp3) is 0.286. The van der Waals surface area contributed by atoms with Gasteiger partial charge in [-0.15, -0.1) is 0 Å². The molecule has 6 heteroatoms. The van der Waals surface area contributed by atoms with Gasteiger partial charge < -0.3 is 13.9 Å². The number of methoxy groups -OCH3 is 2. The minimum absolute atomic E-state index is 0.287. The van der Waals surface area contributed by atoms with Crippen LogP contribution in [0.3, 0.4) is 0 Å². The van der Waals surface area contributed by atoms with E-state index in [0.717, 1.165) is 41.0 Å². The quantitative estimate of drug-likeness (QED) is 0.635. The average molecular weight is 386 g/mol. The van der Waals surface area contributed by atoms with Gasteiger partial charge in [-0.25, -0.2) is 4.79 Å². The van der Waals surface area contributed by atoms with E-state index in [-0.39, 0.29) is 5.63 Å². The van der Waals surface area contributed by atoms with Crippen LogP contribution in [-0.4, -0.2) is 25.7 Å². The lowest BCUT2D eigenvalue weighted by atomic mass is 9.97. The molecular weight excluding hydrogens is 366 g/mol. The Balaban J connectivity index is 1.70. The van der Waals surface area contributed by atoms with Crippen LogP contribution in [0, 0.1) is 0 Å². The maximum atomic E-state index is 12.6. The van der Waals surface area contributed by atoms with Crippen LogP contribution in [0.4, 0.5) is 0 Å². The molecule has 0 aliphatic carbocycles. The molecule has 2 aromatic carbocycles. The molecule has 0 amide bonds. The highest BCUT2D eigenvalue weighted by atomic mass is 35.5. The molecule has 1 aromatic heterocycles. The third-order valence-electron chi connectivity index (χ3n) is 5.00. The fourth-order valence-corrected chi connectivity index (χ4v) is 3.75. The van der Waals surface area contributed by atoms with Crippen molar-refractivity contribution in [3.05, 3.63) is 68.5 Å². The molecule has 27 heavy (non-hydrogen) atoms. The first kappa shape index (κ1) is 17.9. The van der Waals surface area contributed by atoms with Crippen LogP contribution < -0.4 is 15.1 Å². The molecule has 0 radical (unpaired) electrons. The Kier molecular flexibility index (Phi) is 4.81. The van der Waals surface area contributed by atoms with Crippen molar-refractivity contribution in [2.24, 2.45) is 0 Å². The van der Waals surface area contributed by atoms with E-state index in [4.69, 9.17) is 25.5 Å². The summed E-state index contributed by atoms with van der Waals surface area (Å²) in [5, 5.41) is 1.63. The standard InChI is InChI=1S/C21H20ClNO4/c1-25-19-9-16-15-7-8-23(11-13-3-5-14(22)6-4-13)12-17(15)21(24)27-18(16)10-20(19)26-2/h3-6,9-10H,7-8,11-12H2,1-2H3. The Morgan fingerprint density at radius 3 is 2.48 bits per heavy atom. The van der Waals surface area contributed by atoms with Gasteiger partial charge in [-0.05, 0) is 35.7 Å². The number of halogens is 1. The van der Waals surface area contributed by atoms with Crippen molar-refractivity contribution in [1.29, 1.82) is 0 Å². The molecule has 0 N–H and O–H groups in total. The second-order valence-corrected chi connectivity index (χ2v) is 7.07. The lowest BCUT2D eigenvalue weighted by Gasteiger charge is -2.28. The number of hydrogen-bond donors (Lipinski definition) is 0. The van der Waals surface area contributed by atoms with Crippen molar-refractivity contribution in [3.63, 3.8) is 0 Å². The Morgan fingerprint density at radius 1 is 1.07 bits per heavy atom. The van der Waals surface area contributed by atoms with E-state index < -0.39 is 0 Å². The van der Waals surface area contributed by atoms with Gasteiger partial charge in [-0.1, -0.05) is 23.7 Å². The van der Waals surface area contributed by atoms with Crippen molar-refractivity contribution >= 4 is 22.6 Å². The SMILES string of the molecule is COc1cc2oc(=O)c3c(c2cc1OC)CCN(Cc1ccc(Cl)cc1)C3. The summed E-state index contributed by atoms with van der Waals surface area (Å²) in [6.07, 6.45) is 0.778. The average Bonchev–Trinajstić information content (AvgIpc) is 2.69. The maximum Gasteiger partial charge on any atom is 0.341 e. The van der Waals surface area contributed by atoms with Gasteiger partial charge in [-0.2, -0.15) is 0 Å². The Bertz CT molecular complexity index is 1040. The van der Waals surface area contributed by atoms with Gasteiger partial charge in [0.1, 0.15) is 5.58 Å². The monoisotopic (exact) mass is 385 g/mol. The Labute approximate surface area is 162 Å². The van der Waals surface area contributed by atoms with Crippen molar-refractivity contribution in [2.75, 3.05) is 20.8 Å². The highest BCUT2D eigenvalue weighted by Gasteiger charge is 2.24. The predicted octanol–water partition coefficient (Wildman–Crippen LogP) is 4.02. The van der Waals surface area contributed by atoms with Crippen LogP contribution in [0.2, 0.25) is 5.02 Å². The molecule has 1 aliphatic heterocycles. The zero-order valence-electron chi connectivity index (χ0n) is 15.3. The van der Waals surface area contributed by atoms with Gasteiger partial charge >= 0.3 is 5.63 Å². The maximum absolute atomic E-state index is 12.6. The van der Waals surface area contributed by atoms with Gasteiger partial charge in [0.25, 0.3) is 0 Å².